The van der Waals surface area contributed by atoms with Gasteiger partial charge < -0.3 is 5.32 Å². The van der Waals surface area contributed by atoms with Crippen LogP contribution in [0.1, 0.15) is 44.3 Å². The maximum atomic E-state index is 13.2. The average molecular weight is 257 g/mol. The quantitative estimate of drug-likeness (QED) is 0.898. The molecule has 0 spiro atoms. The molecule has 0 amide bonds. The molecule has 102 valence electrons. The number of hydrogen-bond donors (Lipinski definition) is 1. The first-order chi connectivity index (χ1) is 8.57. The van der Waals surface area contributed by atoms with Gasteiger partial charge in [0, 0.05) is 25.6 Å². The van der Waals surface area contributed by atoms with Crippen molar-refractivity contribution in [1.29, 1.82) is 0 Å². The molecule has 1 aliphatic carbocycles. The molecule has 3 nitrogen and oxygen atoms in total. The van der Waals surface area contributed by atoms with Crippen molar-refractivity contribution < 1.29 is 8.78 Å². The molecule has 1 aliphatic rings. The van der Waals surface area contributed by atoms with Crippen LogP contribution in [0, 0.1) is 5.92 Å². The minimum Gasteiger partial charge on any atom is -0.311 e. The van der Waals surface area contributed by atoms with Gasteiger partial charge in [-0.3, -0.25) is 4.68 Å². The Morgan fingerprint density at radius 1 is 1.50 bits per heavy atom. The first-order valence-corrected chi connectivity index (χ1v) is 6.64. The van der Waals surface area contributed by atoms with Gasteiger partial charge in [0.15, 0.2) is 0 Å². The van der Waals surface area contributed by atoms with E-state index in [1.165, 1.54) is 0 Å². The third-order valence-electron chi connectivity index (χ3n) is 3.91. The zero-order chi connectivity index (χ0) is 13.2. The molecule has 18 heavy (non-hydrogen) atoms. The second kappa shape index (κ2) is 5.34. The molecule has 2 rings (SSSR count). The Bertz CT molecular complexity index is 379. The topological polar surface area (TPSA) is 29.9 Å². The van der Waals surface area contributed by atoms with Gasteiger partial charge in [-0.15, -0.1) is 0 Å². The summed E-state index contributed by atoms with van der Waals surface area (Å²) < 4.78 is 28.3. The number of hydrogen-bond acceptors (Lipinski definition) is 2. The fourth-order valence-electron chi connectivity index (χ4n) is 2.89. The zero-order valence-corrected chi connectivity index (χ0v) is 11.0. The highest BCUT2D eigenvalue weighted by molar-refractivity contribution is 5.09. The Kier molecular flexibility index (Phi) is 4.00. The van der Waals surface area contributed by atoms with Gasteiger partial charge in [-0.05, 0) is 38.8 Å². The number of aryl methyl sites for hydroxylation is 1. The van der Waals surface area contributed by atoms with Crippen molar-refractivity contribution in [3.05, 3.63) is 18.0 Å². The average Bonchev–Trinajstić information content (AvgIpc) is 2.80. The molecule has 1 aromatic heterocycles. The maximum absolute atomic E-state index is 13.2. The van der Waals surface area contributed by atoms with E-state index in [9.17, 15) is 8.78 Å². The fraction of sp³-hybridized carbons (Fsp3) is 0.769. The van der Waals surface area contributed by atoms with Gasteiger partial charge in [-0.25, -0.2) is 8.78 Å². The lowest BCUT2D eigenvalue weighted by atomic mass is 9.81. The van der Waals surface area contributed by atoms with Crippen LogP contribution in [0.4, 0.5) is 8.78 Å². The Morgan fingerprint density at radius 3 is 2.72 bits per heavy atom. The SMILES string of the molecule is CCn1nccc1C(NC)C1CCC(F)(F)CC1. The molecule has 1 aromatic rings. The lowest BCUT2D eigenvalue weighted by Gasteiger charge is -2.33. The van der Waals surface area contributed by atoms with E-state index in [1.54, 1.807) is 6.20 Å². The van der Waals surface area contributed by atoms with Crippen molar-refractivity contribution in [2.45, 2.75) is 51.1 Å². The summed E-state index contributed by atoms with van der Waals surface area (Å²) >= 11 is 0. The second-order valence-corrected chi connectivity index (χ2v) is 5.03. The molecule has 0 saturated heterocycles. The van der Waals surface area contributed by atoms with Crippen molar-refractivity contribution in [2.24, 2.45) is 5.92 Å². The van der Waals surface area contributed by atoms with E-state index in [4.69, 9.17) is 0 Å². The standard InChI is InChI=1S/C13H21F2N3/c1-3-18-11(6-9-17-18)12(16-2)10-4-7-13(14,15)8-5-10/h6,9-10,12,16H,3-5,7-8H2,1-2H3. The zero-order valence-electron chi connectivity index (χ0n) is 11.0. The number of nitrogens with zero attached hydrogens (tertiary/aromatic N) is 2. The number of alkyl halides is 2. The first-order valence-electron chi connectivity index (χ1n) is 6.64. The van der Waals surface area contributed by atoms with E-state index >= 15 is 0 Å². The van der Waals surface area contributed by atoms with Crippen molar-refractivity contribution in [3.63, 3.8) is 0 Å². The van der Waals surface area contributed by atoms with Crippen molar-refractivity contribution >= 4 is 0 Å². The van der Waals surface area contributed by atoms with Crippen LogP contribution in [-0.4, -0.2) is 22.8 Å². The van der Waals surface area contributed by atoms with Gasteiger partial charge in [0.05, 0.1) is 11.7 Å². The predicted molar refractivity (Wildman–Crippen MR) is 66.6 cm³/mol. The molecule has 1 fully saturated rings. The Hall–Kier alpha value is -0.970. The van der Waals surface area contributed by atoms with Crippen LogP contribution in [-0.2, 0) is 6.54 Å². The molecule has 1 heterocycles. The van der Waals surface area contributed by atoms with Crippen molar-refractivity contribution in [1.82, 2.24) is 15.1 Å². The molecule has 1 unspecified atom stereocenters. The lowest BCUT2D eigenvalue weighted by molar-refractivity contribution is -0.0498. The molecule has 0 aromatic carbocycles. The Labute approximate surface area is 107 Å². The van der Waals surface area contributed by atoms with E-state index in [2.05, 4.69) is 10.4 Å². The maximum Gasteiger partial charge on any atom is 0.248 e. The number of nitrogens with one attached hydrogen (secondary N) is 1. The summed E-state index contributed by atoms with van der Waals surface area (Å²) in [5, 5.41) is 7.53. The Morgan fingerprint density at radius 2 is 2.17 bits per heavy atom. The molecule has 1 atom stereocenters. The molecular weight excluding hydrogens is 236 g/mol. The van der Waals surface area contributed by atoms with Crippen LogP contribution in [0.15, 0.2) is 12.3 Å². The van der Waals surface area contributed by atoms with Gasteiger partial charge >= 0.3 is 0 Å². The van der Waals surface area contributed by atoms with Crippen LogP contribution < -0.4 is 5.32 Å². The van der Waals surface area contributed by atoms with Gasteiger partial charge in [0.2, 0.25) is 5.92 Å². The lowest BCUT2D eigenvalue weighted by Crippen LogP contribution is -2.33. The van der Waals surface area contributed by atoms with E-state index in [-0.39, 0.29) is 24.8 Å². The fourth-order valence-corrected chi connectivity index (χ4v) is 2.89. The minimum atomic E-state index is -2.46. The van der Waals surface area contributed by atoms with E-state index in [1.807, 2.05) is 24.7 Å². The van der Waals surface area contributed by atoms with Gasteiger partial charge in [0.1, 0.15) is 0 Å². The van der Waals surface area contributed by atoms with E-state index in [0.717, 1.165) is 12.2 Å². The third-order valence-corrected chi connectivity index (χ3v) is 3.91. The Balaban J connectivity index is 2.10. The van der Waals surface area contributed by atoms with E-state index in [0.29, 0.717) is 12.8 Å². The second-order valence-electron chi connectivity index (χ2n) is 5.03. The van der Waals surface area contributed by atoms with Crippen LogP contribution >= 0.6 is 0 Å². The summed E-state index contributed by atoms with van der Waals surface area (Å²) in [6.07, 6.45) is 2.95. The van der Waals surface area contributed by atoms with Crippen LogP contribution in [0.3, 0.4) is 0 Å². The first kappa shape index (κ1) is 13.5. The summed E-state index contributed by atoms with van der Waals surface area (Å²) in [6, 6.07) is 2.11. The molecule has 5 heteroatoms. The predicted octanol–water partition coefficient (Wildman–Crippen LogP) is 2.99. The van der Waals surface area contributed by atoms with Crippen LogP contribution in [0.5, 0.6) is 0 Å². The third kappa shape index (κ3) is 2.71. The highest BCUT2D eigenvalue weighted by atomic mass is 19.3. The summed E-state index contributed by atoms with van der Waals surface area (Å²) in [5.74, 6) is -2.18. The van der Waals surface area contributed by atoms with Crippen LogP contribution in [0.2, 0.25) is 0 Å². The summed E-state index contributed by atoms with van der Waals surface area (Å²) in [6.45, 7) is 2.85. The number of rotatable bonds is 4. The monoisotopic (exact) mass is 257 g/mol. The highest BCUT2D eigenvalue weighted by Crippen LogP contribution is 2.41. The van der Waals surface area contributed by atoms with E-state index < -0.39 is 5.92 Å². The molecule has 0 aliphatic heterocycles. The van der Waals surface area contributed by atoms with Gasteiger partial charge in [-0.2, -0.15) is 5.10 Å². The molecule has 1 N–H and O–H groups in total. The van der Waals surface area contributed by atoms with Gasteiger partial charge in [0.25, 0.3) is 0 Å². The molecule has 1 saturated carbocycles. The highest BCUT2D eigenvalue weighted by Gasteiger charge is 2.38. The summed E-state index contributed by atoms with van der Waals surface area (Å²) in [7, 11) is 1.89. The molecular formula is C13H21F2N3. The van der Waals surface area contributed by atoms with Crippen molar-refractivity contribution in [3.8, 4) is 0 Å². The number of aromatic nitrogens is 2. The van der Waals surface area contributed by atoms with Crippen LogP contribution in [0.25, 0.3) is 0 Å². The number of halogens is 2. The van der Waals surface area contributed by atoms with Crippen molar-refractivity contribution in [2.75, 3.05) is 7.05 Å². The molecule has 0 radical (unpaired) electrons. The smallest absolute Gasteiger partial charge is 0.248 e. The summed E-state index contributed by atoms with van der Waals surface area (Å²) in [5.41, 5.74) is 1.11. The largest absolute Gasteiger partial charge is 0.311 e. The normalized spacial score (nSPS) is 22.0. The van der Waals surface area contributed by atoms with Gasteiger partial charge in [-0.1, -0.05) is 0 Å². The minimum absolute atomic E-state index is 0.0100. The summed E-state index contributed by atoms with van der Waals surface area (Å²) in [4.78, 5) is 0. The molecule has 0 bridgehead atoms.